The zero-order valence-corrected chi connectivity index (χ0v) is 17.7. The van der Waals surface area contributed by atoms with Crippen molar-refractivity contribution in [2.24, 2.45) is 0 Å². The van der Waals surface area contributed by atoms with Gasteiger partial charge in [-0.2, -0.15) is 0 Å². The van der Waals surface area contributed by atoms with Crippen LogP contribution in [0.4, 0.5) is 4.79 Å². The van der Waals surface area contributed by atoms with Gasteiger partial charge in [0.2, 0.25) is 0 Å². The van der Waals surface area contributed by atoms with Gasteiger partial charge in [0, 0.05) is 25.2 Å². The molecule has 0 unspecified atom stereocenters. The lowest BCUT2D eigenvalue weighted by Crippen LogP contribution is -2.55. The second-order valence-electron chi connectivity index (χ2n) is 7.95. The van der Waals surface area contributed by atoms with Crippen molar-refractivity contribution in [1.29, 1.82) is 0 Å². The van der Waals surface area contributed by atoms with E-state index in [2.05, 4.69) is 5.32 Å². The topological polar surface area (TPSA) is 79.0 Å². The fourth-order valence-electron chi connectivity index (χ4n) is 4.24. The van der Waals surface area contributed by atoms with E-state index in [4.69, 9.17) is 4.74 Å². The number of hydrogen-bond donors (Lipinski definition) is 1. The van der Waals surface area contributed by atoms with E-state index in [9.17, 15) is 14.4 Å². The lowest BCUT2D eigenvalue weighted by molar-refractivity contribution is -0.132. The van der Waals surface area contributed by atoms with Gasteiger partial charge in [-0.15, -0.1) is 0 Å². The zero-order valence-electron chi connectivity index (χ0n) is 17.7. The summed E-state index contributed by atoms with van der Waals surface area (Å²) < 4.78 is 5.42. The Kier molecular flexibility index (Phi) is 5.93. The van der Waals surface area contributed by atoms with Crippen LogP contribution in [-0.4, -0.2) is 59.4 Å². The first-order valence-electron chi connectivity index (χ1n) is 10.7. The first-order valence-corrected chi connectivity index (χ1v) is 10.7. The van der Waals surface area contributed by atoms with E-state index in [-0.39, 0.29) is 17.8 Å². The molecule has 7 nitrogen and oxygen atoms in total. The molecule has 0 aromatic heterocycles. The summed E-state index contributed by atoms with van der Waals surface area (Å²) in [6.07, 6.45) is 1.46. The molecule has 1 spiro atoms. The molecular weight excluding hydrogens is 394 g/mol. The number of carbonyl (C=O) groups is 3. The van der Waals surface area contributed by atoms with Gasteiger partial charge in [-0.3, -0.25) is 14.5 Å². The molecule has 0 bridgehead atoms. The van der Waals surface area contributed by atoms with Gasteiger partial charge in [0.1, 0.15) is 11.3 Å². The summed E-state index contributed by atoms with van der Waals surface area (Å²) in [5.41, 5.74) is 0.772. The van der Waals surface area contributed by atoms with Crippen molar-refractivity contribution in [3.63, 3.8) is 0 Å². The molecule has 2 aliphatic heterocycles. The molecule has 0 atom stereocenters. The van der Waals surface area contributed by atoms with E-state index < -0.39 is 5.54 Å². The first-order chi connectivity index (χ1) is 15.0. The summed E-state index contributed by atoms with van der Waals surface area (Å²) in [6.45, 7) is 3.68. The summed E-state index contributed by atoms with van der Waals surface area (Å²) in [5, 5.41) is 2.91. The van der Waals surface area contributed by atoms with Crippen LogP contribution in [-0.2, 0) is 11.2 Å². The number of likely N-dealkylation sites (tertiary alicyclic amines) is 1. The maximum absolute atomic E-state index is 13.1. The Hall–Kier alpha value is -3.35. The number of carbonyl (C=O) groups excluding carboxylic acids is 3. The Morgan fingerprint density at radius 3 is 2.35 bits per heavy atom. The summed E-state index contributed by atoms with van der Waals surface area (Å²) in [7, 11) is 0. The monoisotopic (exact) mass is 421 g/mol. The van der Waals surface area contributed by atoms with Gasteiger partial charge in [-0.1, -0.05) is 30.3 Å². The predicted octanol–water partition coefficient (Wildman–Crippen LogP) is 2.85. The van der Waals surface area contributed by atoms with Gasteiger partial charge >= 0.3 is 6.03 Å². The van der Waals surface area contributed by atoms with Gasteiger partial charge in [0.15, 0.2) is 0 Å². The van der Waals surface area contributed by atoms with Crippen LogP contribution in [0.2, 0.25) is 0 Å². The second kappa shape index (κ2) is 8.79. The average molecular weight is 421 g/mol. The number of hydrogen-bond acceptors (Lipinski definition) is 4. The largest absolute Gasteiger partial charge is 0.494 e. The SMILES string of the molecule is CCOc1ccc(C(=O)N2CCC3(CC2)NC(=O)N(CCc2ccccc2)C3=O)cc1. The molecule has 1 N–H and O–H groups in total. The van der Waals surface area contributed by atoms with Crippen molar-refractivity contribution < 1.29 is 19.1 Å². The Bertz CT molecular complexity index is 951. The molecular formula is C24H27N3O4. The Morgan fingerprint density at radius 2 is 1.71 bits per heavy atom. The molecule has 31 heavy (non-hydrogen) atoms. The molecule has 2 aromatic rings. The van der Waals surface area contributed by atoms with Crippen LogP contribution in [0.3, 0.4) is 0 Å². The fraction of sp³-hybridized carbons (Fsp3) is 0.375. The molecule has 2 saturated heterocycles. The van der Waals surface area contributed by atoms with Crippen LogP contribution < -0.4 is 10.1 Å². The third-order valence-corrected chi connectivity index (χ3v) is 6.03. The van der Waals surface area contributed by atoms with Crippen LogP contribution in [0.15, 0.2) is 54.6 Å². The number of nitrogens with zero attached hydrogens (tertiary/aromatic N) is 2. The lowest BCUT2D eigenvalue weighted by Gasteiger charge is -2.37. The van der Waals surface area contributed by atoms with Crippen molar-refractivity contribution in [1.82, 2.24) is 15.1 Å². The van der Waals surface area contributed by atoms with E-state index >= 15 is 0 Å². The lowest BCUT2D eigenvalue weighted by atomic mass is 9.87. The molecule has 7 heteroatoms. The molecule has 0 aliphatic carbocycles. The van der Waals surface area contributed by atoms with Crippen molar-refractivity contribution in [3.8, 4) is 5.75 Å². The Morgan fingerprint density at radius 1 is 1.03 bits per heavy atom. The van der Waals surface area contributed by atoms with Gasteiger partial charge in [-0.25, -0.2) is 4.79 Å². The maximum Gasteiger partial charge on any atom is 0.325 e. The highest BCUT2D eigenvalue weighted by atomic mass is 16.5. The van der Waals surface area contributed by atoms with Gasteiger partial charge in [-0.05, 0) is 56.0 Å². The Labute approximate surface area is 182 Å². The van der Waals surface area contributed by atoms with Gasteiger partial charge in [0.05, 0.1) is 6.61 Å². The zero-order chi connectivity index (χ0) is 21.8. The van der Waals surface area contributed by atoms with E-state index in [1.54, 1.807) is 29.2 Å². The predicted molar refractivity (Wildman–Crippen MR) is 116 cm³/mol. The van der Waals surface area contributed by atoms with Crippen LogP contribution >= 0.6 is 0 Å². The summed E-state index contributed by atoms with van der Waals surface area (Å²) in [5.74, 6) is 0.476. The number of ether oxygens (including phenoxy) is 1. The molecule has 162 valence electrons. The first kappa shape index (κ1) is 20.9. The molecule has 0 radical (unpaired) electrons. The fourth-order valence-corrected chi connectivity index (χ4v) is 4.24. The number of amides is 4. The molecule has 2 aliphatic rings. The molecule has 2 aromatic carbocycles. The van der Waals surface area contributed by atoms with Crippen LogP contribution in [0.1, 0.15) is 35.7 Å². The number of piperidine rings is 1. The maximum atomic E-state index is 13.1. The normalized spacial score (nSPS) is 17.7. The standard InChI is InChI=1S/C24H27N3O4/c1-2-31-20-10-8-19(9-11-20)21(28)26-16-13-24(14-17-26)22(29)27(23(30)25-24)15-12-18-6-4-3-5-7-18/h3-11H,2,12-17H2,1H3,(H,25,30). The molecule has 2 heterocycles. The highest BCUT2D eigenvalue weighted by Gasteiger charge is 2.52. The number of benzene rings is 2. The smallest absolute Gasteiger partial charge is 0.325 e. The highest BCUT2D eigenvalue weighted by Crippen LogP contribution is 2.30. The van der Waals surface area contributed by atoms with Crippen molar-refractivity contribution in [3.05, 3.63) is 65.7 Å². The van der Waals surface area contributed by atoms with E-state index in [1.807, 2.05) is 37.3 Å². The van der Waals surface area contributed by atoms with Gasteiger partial charge < -0.3 is 15.0 Å². The minimum Gasteiger partial charge on any atom is -0.494 e. The van der Waals surface area contributed by atoms with Crippen LogP contribution in [0.25, 0.3) is 0 Å². The quantitative estimate of drug-likeness (QED) is 0.728. The van der Waals surface area contributed by atoms with E-state index in [1.165, 1.54) is 4.90 Å². The van der Waals surface area contributed by atoms with E-state index in [0.29, 0.717) is 51.1 Å². The second-order valence-corrected chi connectivity index (χ2v) is 7.95. The van der Waals surface area contributed by atoms with Crippen molar-refractivity contribution in [2.75, 3.05) is 26.2 Å². The Balaban J connectivity index is 1.36. The van der Waals surface area contributed by atoms with Crippen molar-refractivity contribution >= 4 is 17.8 Å². The van der Waals surface area contributed by atoms with Gasteiger partial charge in [0.25, 0.3) is 11.8 Å². The molecule has 2 fully saturated rings. The number of rotatable bonds is 6. The van der Waals surface area contributed by atoms with E-state index in [0.717, 1.165) is 11.3 Å². The minimum absolute atomic E-state index is 0.0735. The number of urea groups is 1. The summed E-state index contributed by atoms with van der Waals surface area (Å²) >= 11 is 0. The van der Waals surface area contributed by atoms with Crippen LogP contribution in [0, 0.1) is 0 Å². The third-order valence-electron chi connectivity index (χ3n) is 6.03. The van der Waals surface area contributed by atoms with Crippen molar-refractivity contribution in [2.45, 2.75) is 31.7 Å². The molecule has 4 rings (SSSR count). The summed E-state index contributed by atoms with van der Waals surface area (Å²) in [6, 6.07) is 16.5. The number of nitrogens with one attached hydrogen (secondary N) is 1. The highest BCUT2D eigenvalue weighted by molar-refractivity contribution is 6.07. The molecule has 4 amide bonds. The minimum atomic E-state index is -0.899. The number of imide groups is 1. The average Bonchev–Trinajstić information content (AvgIpc) is 3.02. The third kappa shape index (κ3) is 4.26. The molecule has 0 saturated carbocycles. The summed E-state index contributed by atoms with van der Waals surface area (Å²) in [4.78, 5) is 41.5. The van der Waals surface area contributed by atoms with Crippen LogP contribution in [0.5, 0.6) is 5.75 Å².